The second-order valence-electron chi connectivity index (χ2n) is 6.53. The number of hydrogen-bond donors (Lipinski definition) is 1. The Kier molecular flexibility index (Phi) is 5.87. The van der Waals surface area contributed by atoms with Crippen LogP contribution in [-0.4, -0.2) is 56.3 Å². The Labute approximate surface area is 144 Å². The van der Waals surface area contributed by atoms with Gasteiger partial charge in [0.1, 0.15) is 6.54 Å². The van der Waals surface area contributed by atoms with Gasteiger partial charge in [-0.3, -0.25) is 9.10 Å². The first-order valence-electron chi connectivity index (χ1n) is 8.18. The van der Waals surface area contributed by atoms with Crippen molar-refractivity contribution in [3.8, 4) is 0 Å². The maximum atomic E-state index is 12.6. The van der Waals surface area contributed by atoms with Crippen LogP contribution in [-0.2, 0) is 14.8 Å². The molecule has 1 fully saturated rings. The fraction of sp³-hybridized carbons (Fsp3) is 0.588. The van der Waals surface area contributed by atoms with Gasteiger partial charge in [0.2, 0.25) is 15.9 Å². The number of carbonyl (C=O) groups excluding carboxylic acids is 1. The lowest BCUT2D eigenvalue weighted by Crippen LogP contribution is -2.50. The van der Waals surface area contributed by atoms with Crippen LogP contribution in [0.5, 0.6) is 0 Å². The molecule has 6 nitrogen and oxygen atoms in total. The number of aliphatic hydroxyl groups is 1. The van der Waals surface area contributed by atoms with E-state index >= 15 is 0 Å². The van der Waals surface area contributed by atoms with Gasteiger partial charge in [-0.15, -0.1) is 0 Å². The molecule has 0 aromatic heterocycles. The van der Waals surface area contributed by atoms with Crippen molar-refractivity contribution in [2.24, 2.45) is 0 Å². The lowest BCUT2D eigenvalue weighted by Gasteiger charge is -2.36. The molecule has 24 heavy (non-hydrogen) atoms. The Morgan fingerprint density at radius 1 is 1.21 bits per heavy atom. The van der Waals surface area contributed by atoms with Crippen LogP contribution in [0.4, 0.5) is 5.69 Å². The molecule has 1 aromatic rings. The Bertz CT molecular complexity index is 672. The van der Waals surface area contributed by atoms with Crippen molar-refractivity contribution < 1.29 is 18.3 Å². The number of sulfonamides is 1. The third-order valence-electron chi connectivity index (χ3n) is 4.59. The third-order valence-corrected chi connectivity index (χ3v) is 5.73. The monoisotopic (exact) mass is 354 g/mol. The number of carbonyl (C=O) groups is 1. The SMILES string of the molecule is Cc1ccc(N(CC(=O)N(C)C2CCCCC2O)S(C)(=O)=O)cc1. The zero-order valence-electron chi connectivity index (χ0n) is 14.5. The van der Waals surface area contributed by atoms with Crippen molar-refractivity contribution in [2.45, 2.75) is 44.8 Å². The molecule has 0 aliphatic heterocycles. The van der Waals surface area contributed by atoms with Crippen LogP contribution in [0.3, 0.4) is 0 Å². The van der Waals surface area contributed by atoms with Gasteiger partial charge in [-0.1, -0.05) is 30.5 Å². The number of amides is 1. The highest BCUT2D eigenvalue weighted by molar-refractivity contribution is 7.92. The highest BCUT2D eigenvalue weighted by atomic mass is 32.2. The van der Waals surface area contributed by atoms with Crippen LogP contribution >= 0.6 is 0 Å². The molecule has 2 atom stereocenters. The van der Waals surface area contributed by atoms with Crippen LogP contribution < -0.4 is 4.31 Å². The summed E-state index contributed by atoms with van der Waals surface area (Å²) in [4.78, 5) is 14.1. The molecule has 0 radical (unpaired) electrons. The molecule has 2 unspecified atom stereocenters. The van der Waals surface area contributed by atoms with E-state index in [0.717, 1.165) is 35.4 Å². The molecule has 1 amide bonds. The van der Waals surface area contributed by atoms with Gasteiger partial charge >= 0.3 is 0 Å². The van der Waals surface area contributed by atoms with E-state index in [1.54, 1.807) is 19.2 Å². The molecule has 2 rings (SSSR count). The molecule has 0 spiro atoms. The predicted octanol–water partition coefficient (Wildman–Crippen LogP) is 1.52. The second-order valence-corrected chi connectivity index (χ2v) is 8.44. The van der Waals surface area contributed by atoms with Crippen molar-refractivity contribution in [1.29, 1.82) is 0 Å². The van der Waals surface area contributed by atoms with E-state index < -0.39 is 16.1 Å². The van der Waals surface area contributed by atoms with Crippen molar-refractivity contribution in [2.75, 3.05) is 24.2 Å². The summed E-state index contributed by atoms with van der Waals surface area (Å²) < 4.78 is 25.4. The number of aliphatic hydroxyl groups excluding tert-OH is 1. The summed E-state index contributed by atoms with van der Waals surface area (Å²) in [6, 6.07) is 6.77. The number of aryl methyl sites for hydroxylation is 1. The lowest BCUT2D eigenvalue weighted by atomic mass is 9.91. The Morgan fingerprint density at radius 2 is 1.79 bits per heavy atom. The summed E-state index contributed by atoms with van der Waals surface area (Å²) in [5.74, 6) is -0.313. The van der Waals surface area contributed by atoms with Gasteiger partial charge in [-0.2, -0.15) is 0 Å². The molecular weight excluding hydrogens is 328 g/mol. The molecule has 1 N–H and O–H groups in total. The molecule has 1 aliphatic rings. The minimum Gasteiger partial charge on any atom is -0.391 e. The van der Waals surface area contributed by atoms with Gasteiger partial charge in [0.05, 0.1) is 24.1 Å². The number of hydrogen-bond acceptors (Lipinski definition) is 4. The first-order valence-corrected chi connectivity index (χ1v) is 10.0. The molecule has 0 saturated heterocycles. The molecule has 0 heterocycles. The van der Waals surface area contributed by atoms with Crippen LogP contribution in [0.25, 0.3) is 0 Å². The van der Waals surface area contributed by atoms with Gasteiger partial charge in [-0.05, 0) is 31.9 Å². The number of anilines is 1. The zero-order chi connectivity index (χ0) is 17.9. The number of benzene rings is 1. The maximum absolute atomic E-state index is 12.6. The molecule has 7 heteroatoms. The topological polar surface area (TPSA) is 77.9 Å². The van der Waals surface area contributed by atoms with Crippen molar-refractivity contribution in [3.63, 3.8) is 0 Å². The Hall–Kier alpha value is -1.60. The van der Waals surface area contributed by atoms with Gasteiger partial charge in [-0.25, -0.2) is 8.42 Å². The van der Waals surface area contributed by atoms with Crippen molar-refractivity contribution in [1.82, 2.24) is 4.90 Å². The summed E-state index contributed by atoms with van der Waals surface area (Å²) in [5, 5.41) is 10.1. The quantitative estimate of drug-likeness (QED) is 0.870. The van der Waals surface area contributed by atoms with E-state index in [1.807, 2.05) is 19.1 Å². The minimum absolute atomic E-state index is 0.245. The summed E-state index contributed by atoms with van der Waals surface area (Å²) >= 11 is 0. The summed E-state index contributed by atoms with van der Waals surface area (Å²) in [7, 11) is -1.94. The fourth-order valence-corrected chi connectivity index (χ4v) is 3.92. The summed E-state index contributed by atoms with van der Waals surface area (Å²) in [6.45, 7) is 1.65. The summed E-state index contributed by atoms with van der Waals surface area (Å²) in [5.41, 5.74) is 1.48. The van der Waals surface area contributed by atoms with Crippen LogP contribution in [0.15, 0.2) is 24.3 Å². The molecule has 0 bridgehead atoms. The van der Waals surface area contributed by atoms with Gasteiger partial charge in [0, 0.05) is 7.05 Å². The lowest BCUT2D eigenvalue weighted by molar-refractivity contribution is -0.133. The Morgan fingerprint density at radius 3 is 2.33 bits per heavy atom. The number of likely N-dealkylation sites (N-methyl/N-ethyl adjacent to an activating group) is 1. The second kappa shape index (κ2) is 7.53. The van der Waals surface area contributed by atoms with Crippen molar-refractivity contribution >= 4 is 21.6 Å². The van der Waals surface area contributed by atoms with Crippen molar-refractivity contribution in [3.05, 3.63) is 29.8 Å². The van der Waals surface area contributed by atoms with Gasteiger partial charge in [0.25, 0.3) is 0 Å². The van der Waals surface area contributed by atoms with Crippen LogP contribution in [0.2, 0.25) is 0 Å². The van der Waals surface area contributed by atoms with E-state index in [0.29, 0.717) is 12.1 Å². The highest BCUT2D eigenvalue weighted by Crippen LogP contribution is 2.23. The van der Waals surface area contributed by atoms with Crippen LogP contribution in [0, 0.1) is 6.92 Å². The molecular formula is C17H26N2O4S. The molecule has 134 valence electrons. The third kappa shape index (κ3) is 4.48. The van der Waals surface area contributed by atoms with Gasteiger partial charge in [0.15, 0.2) is 0 Å². The summed E-state index contributed by atoms with van der Waals surface area (Å²) in [6.07, 6.45) is 3.89. The van der Waals surface area contributed by atoms with E-state index in [9.17, 15) is 18.3 Å². The minimum atomic E-state index is -3.58. The number of rotatable bonds is 5. The molecule has 1 aliphatic carbocycles. The predicted molar refractivity (Wildman–Crippen MR) is 94.4 cm³/mol. The number of nitrogens with zero attached hydrogens (tertiary/aromatic N) is 2. The Balaban J connectivity index is 2.17. The maximum Gasteiger partial charge on any atom is 0.243 e. The fourth-order valence-electron chi connectivity index (χ4n) is 3.07. The van der Waals surface area contributed by atoms with E-state index in [1.165, 1.54) is 4.90 Å². The first kappa shape index (κ1) is 18.7. The van der Waals surface area contributed by atoms with Crippen LogP contribution in [0.1, 0.15) is 31.2 Å². The van der Waals surface area contributed by atoms with E-state index in [-0.39, 0.29) is 18.5 Å². The van der Waals surface area contributed by atoms with Gasteiger partial charge < -0.3 is 10.0 Å². The molecule has 1 saturated carbocycles. The average molecular weight is 354 g/mol. The average Bonchev–Trinajstić information content (AvgIpc) is 2.52. The standard InChI is InChI=1S/C17H26N2O4S/c1-13-8-10-14(11-9-13)19(24(3,22)23)12-17(21)18(2)15-6-4-5-7-16(15)20/h8-11,15-16,20H,4-7,12H2,1-3H3. The van der Waals surface area contributed by atoms with E-state index in [4.69, 9.17) is 0 Å². The molecule has 1 aromatic carbocycles. The normalized spacial score (nSPS) is 21.3. The zero-order valence-corrected chi connectivity index (χ0v) is 15.3. The van der Waals surface area contributed by atoms with E-state index in [2.05, 4.69) is 0 Å². The highest BCUT2D eigenvalue weighted by Gasteiger charge is 2.31. The first-order chi connectivity index (χ1) is 11.2. The largest absolute Gasteiger partial charge is 0.391 e. The smallest absolute Gasteiger partial charge is 0.243 e.